The highest BCUT2D eigenvalue weighted by Crippen LogP contribution is 2.36. The summed E-state index contributed by atoms with van der Waals surface area (Å²) in [6.45, 7) is 5.40. The molecule has 5 heteroatoms. The molecule has 1 aromatic heterocycles. The Labute approximate surface area is 101 Å². The van der Waals surface area contributed by atoms with Crippen LogP contribution < -0.4 is 4.74 Å². The maximum atomic E-state index is 10.9. The van der Waals surface area contributed by atoms with E-state index >= 15 is 0 Å². The summed E-state index contributed by atoms with van der Waals surface area (Å²) in [6, 6.07) is 0. The summed E-state index contributed by atoms with van der Waals surface area (Å²) in [5.74, 6) is 0.292. The summed E-state index contributed by atoms with van der Waals surface area (Å²) in [7, 11) is 1.57. The zero-order valence-corrected chi connectivity index (χ0v) is 10.7. The lowest BCUT2D eigenvalue weighted by Gasteiger charge is -2.10. The van der Waals surface area contributed by atoms with E-state index < -0.39 is 0 Å². The predicted molar refractivity (Wildman–Crippen MR) is 62.8 cm³/mol. The maximum absolute atomic E-state index is 10.9. The zero-order valence-electron chi connectivity index (χ0n) is 10.7. The van der Waals surface area contributed by atoms with Crippen LogP contribution in [-0.4, -0.2) is 23.0 Å². The fourth-order valence-corrected chi connectivity index (χ4v) is 1.82. The van der Waals surface area contributed by atoms with Crippen molar-refractivity contribution in [2.75, 3.05) is 7.11 Å². The lowest BCUT2D eigenvalue weighted by Crippen LogP contribution is -2.07. The lowest BCUT2D eigenvalue weighted by molar-refractivity contribution is -0.146. The topological polar surface area (TPSA) is 61.3 Å². The molecule has 0 aromatic carbocycles. The first-order chi connectivity index (χ1) is 8.22. The Morgan fingerprint density at radius 2 is 2.12 bits per heavy atom. The van der Waals surface area contributed by atoms with Gasteiger partial charge in [-0.2, -0.15) is 0 Å². The summed E-state index contributed by atoms with van der Waals surface area (Å²) in [6.07, 6.45) is 2.73. The average molecular weight is 238 g/mol. The van der Waals surface area contributed by atoms with Gasteiger partial charge in [0.15, 0.2) is 0 Å². The number of ether oxygens (including phenoxy) is 2. The number of methoxy groups -OCH3 is 1. The second kappa shape index (κ2) is 6.18. The average Bonchev–Trinajstić information content (AvgIpc) is 2.74. The first kappa shape index (κ1) is 13.4. The Morgan fingerprint density at radius 3 is 2.71 bits per heavy atom. The first-order valence-electron chi connectivity index (χ1n) is 5.77. The van der Waals surface area contributed by atoms with Crippen molar-refractivity contribution in [1.82, 2.24) is 9.97 Å². The highest BCUT2D eigenvalue weighted by molar-refractivity contribution is 5.66. The lowest BCUT2D eigenvalue weighted by atomic mass is 10.2. The van der Waals surface area contributed by atoms with Crippen LogP contribution in [0.3, 0.4) is 0 Å². The maximum Gasteiger partial charge on any atom is 0.303 e. The molecule has 5 nitrogen and oxygen atoms in total. The monoisotopic (exact) mass is 238 g/mol. The molecule has 0 fully saturated rings. The van der Waals surface area contributed by atoms with Crippen molar-refractivity contribution in [3.05, 3.63) is 17.6 Å². The number of carbonyl (C=O) groups excluding carboxylic acids is 1. The smallest absolute Gasteiger partial charge is 0.303 e. The standard InChI is InChI=1S/C10H12N2O3.C2H6/c1-6(13)15-8-4-3-7-9(8)11-5-12-10(7)14-2;1-2/h5,8H,3-4H2,1-2H3;1-2H3. The highest BCUT2D eigenvalue weighted by Gasteiger charge is 2.29. The van der Waals surface area contributed by atoms with Gasteiger partial charge >= 0.3 is 5.97 Å². The largest absolute Gasteiger partial charge is 0.481 e. The van der Waals surface area contributed by atoms with Gasteiger partial charge in [0, 0.05) is 12.5 Å². The number of fused-ring (bicyclic) bond motifs is 1. The molecule has 1 unspecified atom stereocenters. The third-order valence-corrected chi connectivity index (χ3v) is 2.40. The highest BCUT2D eigenvalue weighted by atomic mass is 16.5. The first-order valence-corrected chi connectivity index (χ1v) is 5.77. The van der Waals surface area contributed by atoms with E-state index in [1.165, 1.54) is 13.3 Å². The predicted octanol–water partition coefficient (Wildman–Crippen LogP) is 2.06. The van der Waals surface area contributed by atoms with E-state index in [1.807, 2.05) is 13.8 Å². The van der Waals surface area contributed by atoms with Crippen LogP contribution >= 0.6 is 0 Å². The number of hydrogen-bond donors (Lipinski definition) is 0. The van der Waals surface area contributed by atoms with Crippen LogP contribution in [0.1, 0.15) is 44.6 Å². The Hall–Kier alpha value is -1.65. The van der Waals surface area contributed by atoms with E-state index in [4.69, 9.17) is 9.47 Å². The summed E-state index contributed by atoms with van der Waals surface area (Å²) in [5, 5.41) is 0. The fraction of sp³-hybridized carbons (Fsp3) is 0.583. The molecule has 94 valence electrons. The molecule has 2 rings (SSSR count). The van der Waals surface area contributed by atoms with Crippen molar-refractivity contribution in [3.8, 4) is 5.88 Å². The van der Waals surface area contributed by atoms with E-state index in [2.05, 4.69) is 9.97 Å². The SMILES string of the molecule is CC.COc1ncnc2c1CCC2OC(C)=O. The van der Waals surface area contributed by atoms with E-state index in [0.717, 1.165) is 24.1 Å². The number of hydrogen-bond acceptors (Lipinski definition) is 5. The van der Waals surface area contributed by atoms with Gasteiger partial charge < -0.3 is 9.47 Å². The van der Waals surface area contributed by atoms with Gasteiger partial charge in [0.1, 0.15) is 12.4 Å². The molecule has 0 N–H and O–H groups in total. The minimum Gasteiger partial charge on any atom is -0.481 e. The van der Waals surface area contributed by atoms with E-state index in [1.54, 1.807) is 7.11 Å². The molecular weight excluding hydrogens is 220 g/mol. The van der Waals surface area contributed by atoms with Gasteiger partial charge in [0.25, 0.3) is 0 Å². The van der Waals surface area contributed by atoms with Crippen molar-refractivity contribution in [1.29, 1.82) is 0 Å². The Bertz CT molecular complexity index is 393. The molecule has 1 heterocycles. The summed E-state index contributed by atoms with van der Waals surface area (Å²) < 4.78 is 10.3. The van der Waals surface area contributed by atoms with Crippen LogP contribution in [0.2, 0.25) is 0 Å². The summed E-state index contributed by atoms with van der Waals surface area (Å²) in [5.41, 5.74) is 1.73. The molecule has 1 aromatic rings. The van der Waals surface area contributed by atoms with E-state index in [9.17, 15) is 4.79 Å². The van der Waals surface area contributed by atoms with Crippen LogP contribution in [0.15, 0.2) is 6.33 Å². The van der Waals surface area contributed by atoms with Gasteiger partial charge in [-0.3, -0.25) is 4.79 Å². The van der Waals surface area contributed by atoms with E-state index in [-0.39, 0.29) is 12.1 Å². The molecule has 17 heavy (non-hydrogen) atoms. The second-order valence-corrected chi connectivity index (χ2v) is 3.38. The number of nitrogens with zero attached hydrogens (tertiary/aromatic N) is 2. The molecule has 1 aliphatic carbocycles. The number of carbonyl (C=O) groups is 1. The van der Waals surface area contributed by atoms with Crippen LogP contribution in [0, 0.1) is 0 Å². The van der Waals surface area contributed by atoms with Gasteiger partial charge in [-0.25, -0.2) is 9.97 Å². The van der Waals surface area contributed by atoms with Crippen LogP contribution in [0.5, 0.6) is 5.88 Å². The molecule has 0 bridgehead atoms. The van der Waals surface area contributed by atoms with Crippen molar-refractivity contribution in [2.24, 2.45) is 0 Å². The van der Waals surface area contributed by atoms with Crippen LogP contribution in [-0.2, 0) is 16.0 Å². The van der Waals surface area contributed by atoms with Gasteiger partial charge in [-0.1, -0.05) is 13.8 Å². The summed E-state index contributed by atoms with van der Waals surface area (Å²) >= 11 is 0. The normalized spacial score (nSPS) is 16.6. The third-order valence-electron chi connectivity index (χ3n) is 2.40. The van der Waals surface area contributed by atoms with Crippen molar-refractivity contribution in [3.63, 3.8) is 0 Å². The van der Waals surface area contributed by atoms with Crippen molar-refractivity contribution in [2.45, 2.75) is 39.7 Å². The molecule has 0 saturated carbocycles. The third kappa shape index (κ3) is 2.93. The molecule has 0 radical (unpaired) electrons. The number of aromatic nitrogens is 2. The van der Waals surface area contributed by atoms with Crippen molar-refractivity contribution >= 4 is 5.97 Å². The molecular formula is C12H18N2O3. The minimum atomic E-state index is -0.287. The molecule has 0 amide bonds. The second-order valence-electron chi connectivity index (χ2n) is 3.38. The van der Waals surface area contributed by atoms with Gasteiger partial charge in [-0.05, 0) is 12.8 Å². The number of rotatable bonds is 2. The van der Waals surface area contributed by atoms with E-state index in [0.29, 0.717) is 5.88 Å². The summed E-state index contributed by atoms with van der Waals surface area (Å²) in [4.78, 5) is 19.0. The zero-order chi connectivity index (χ0) is 12.8. The Kier molecular flexibility index (Phi) is 4.87. The molecule has 1 aliphatic rings. The van der Waals surface area contributed by atoms with Gasteiger partial charge in [-0.15, -0.1) is 0 Å². The Morgan fingerprint density at radius 1 is 1.41 bits per heavy atom. The van der Waals surface area contributed by atoms with Crippen LogP contribution in [0.4, 0.5) is 0 Å². The van der Waals surface area contributed by atoms with Gasteiger partial charge in [0.2, 0.25) is 5.88 Å². The Balaban J connectivity index is 0.000000686. The minimum absolute atomic E-state index is 0.241. The number of esters is 1. The molecule has 1 atom stereocenters. The molecule has 0 spiro atoms. The fourth-order valence-electron chi connectivity index (χ4n) is 1.82. The molecule has 0 saturated heterocycles. The molecule has 0 aliphatic heterocycles. The van der Waals surface area contributed by atoms with Gasteiger partial charge in [0.05, 0.1) is 12.8 Å². The van der Waals surface area contributed by atoms with Crippen molar-refractivity contribution < 1.29 is 14.3 Å². The quantitative estimate of drug-likeness (QED) is 0.738. The van der Waals surface area contributed by atoms with Crippen LogP contribution in [0.25, 0.3) is 0 Å².